The van der Waals surface area contributed by atoms with E-state index in [1.54, 1.807) is 18.2 Å². The van der Waals surface area contributed by atoms with Gasteiger partial charge in [0, 0.05) is 0 Å². The van der Waals surface area contributed by atoms with E-state index in [-0.39, 0.29) is 5.75 Å². The lowest BCUT2D eigenvalue weighted by atomic mass is 9.69. The van der Waals surface area contributed by atoms with Gasteiger partial charge in [-0.15, -0.1) is 13.2 Å². The number of ether oxygens (including phenoxy) is 1. The summed E-state index contributed by atoms with van der Waals surface area (Å²) in [5, 5.41) is 8.39. The summed E-state index contributed by atoms with van der Waals surface area (Å²) in [6.45, 7) is 4.48. The topological polar surface area (TPSA) is 33.0 Å². The lowest BCUT2D eigenvalue weighted by Crippen LogP contribution is -2.22. The summed E-state index contributed by atoms with van der Waals surface area (Å²) < 4.78 is 53.8. The number of alkyl halides is 3. The average molecular weight is 476 g/mol. The first kappa shape index (κ1) is 26.1. The van der Waals surface area contributed by atoms with Crippen molar-refractivity contribution in [2.24, 2.45) is 17.8 Å². The summed E-state index contributed by atoms with van der Waals surface area (Å²) >= 11 is 0. The van der Waals surface area contributed by atoms with Gasteiger partial charge in [0.25, 0.3) is 0 Å². The number of nitrogens with zero attached hydrogens (tertiary/aromatic N) is 1. The summed E-state index contributed by atoms with van der Waals surface area (Å²) in [4.78, 5) is 0. The molecule has 2 saturated carbocycles. The van der Waals surface area contributed by atoms with Gasteiger partial charge in [-0.05, 0) is 112 Å². The highest BCUT2D eigenvalue weighted by Gasteiger charge is 2.32. The Labute approximate surface area is 200 Å². The number of nitriles is 1. The Morgan fingerprint density at radius 3 is 2.15 bits per heavy atom. The van der Waals surface area contributed by atoms with Crippen molar-refractivity contribution < 1.29 is 22.3 Å². The van der Waals surface area contributed by atoms with Crippen molar-refractivity contribution >= 4 is 0 Å². The van der Waals surface area contributed by atoms with Crippen LogP contribution in [0.15, 0.2) is 60.5 Å². The Morgan fingerprint density at radius 2 is 1.59 bits per heavy atom. The van der Waals surface area contributed by atoms with E-state index >= 15 is 0 Å². The van der Waals surface area contributed by atoms with E-state index in [9.17, 15) is 17.6 Å². The standard InChI is InChI=1S/C28H33F4NO/c1-20(22-9-7-21(8-10-22)5-3-2-4-6-26(29)19-33)23-11-13-24(14-12-23)25-15-17-27(18-16-25)34-28(30,31)32/h2,4,6,15-18,21-24H,1,3,5,7-14H2/b4-2+,26-6-/t21-,22-,23-,24-. The number of hydrogen-bond donors (Lipinski definition) is 0. The SMILES string of the molecule is C=C([C@H]1CC[C@H](CC/C=C/C=C(\F)C#N)CC1)[C@H]1CC[C@H](c2ccc(OC(F)(F)F)cc2)CC1. The minimum Gasteiger partial charge on any atom is -0.406 e. The molecule has 0 amide bonds. The summed E-state index contributed by atoms with van der Waals surface area (Å²) in [5.41, 5.74) is 2.47. The van der Waals surface area contributed by atoms with Crippen molar-refractivity contribution in [3.05, 3.63) is 66.0 Å². The maximum absolute atomic E-state index is 12.8. The Bertz CT molecular complexity index is 894. The number of benzene rings is 1. The third-order valence-corrected chi connectivity index (χ3v) is 7.43. The van der Waals surface area contributed by atoms with Crippen LogP contribution in [0.5, 0.6) is 5.75 Å². The van der Waals surface area contributed by atoms with Gasteiger partial charge in [0.15, 0.2) is 5.83 Å². The quantitative estimate of drug-likeness (QED) is 0.163. The van der Waals surface area contributed by atoms with Crippen molar-refractivity contribution in [2.45, 2.75) is 76.5 Å². The van der Waals surface area contributed by atoms with Gasteiger partial charge in [0.2, 0.25) is 0 Å². The molecule has 2 fully saturated rings. The molecule has 0 heterocycles. The van der Waals surface area contributed by atoms with E-state index in [0.29, 0.717) is 23.7 Å². The normalized spacial score (nSPS) is 26.3. The third-order valence-electron chi connectivity index (χ3n) is 7.43. The molecule has 0 bridgehead atoms. The Kier molecular flexibility index (Phi) is 9.38. The zero-order chi connectivity index (χ0) is 24.6. The minimum absolute atomic E-state index is 0.172. The van der Waals surface area contributed by atoms with Crippen LogP contribution in [0.2, 0.25) is 0 Å². The molecule has 184 valence electrons. The molecular formula is C28H33F4NO. The molecule has 0 N–H and O–H groups in total. The molecular weight excluding hydrogens is 442 g/mol. The second kappa shape index (κ2) is 12.2. The van der Waals surface area contributed by atoms with Gasteiger partial charge in [-0.25, -0.2) is 0 Å². The van der Waals surface area contributed by atoms with Gasteiger partial charge in [0.05, 0.1) is 0 Å². The highest BCUT2D eigenvalue weighted by Crippen LogP contribution is 2.44. The second-order valence-corrected chi connectivity index (χ2v) is 9.59. The van der Waals surface area contributed by atoms with Gasteiger partial charge in [-0.2, -0.15) is 9.65 Å². The highest BCUT2D eigenvalue weighted by atomic mass is 19.4. The van der Waals surface area contributed by atoms with E-state index in [4.69, 9.17) is 5.26 Å². The predicted molar refractivity (Wildman–Crippen MR) is 126 cm³/mol. The first-order valence-corrected chi connectivity index (χ1v) is 12.2. The van der Waals surface area contributed by atoms with E-state index in [0.717, 1.165) is 44.1 Å². The van der Waals surface area contributed by atoms with Crippen molar-refractivity contribution in [1.29, 1.82) is 5.26 Å². The summed E-state index contributed by atoms with van der Waals surface area (Å²) in [6.07, 6.45) is 11.1. The van der Waals surface area contributed by atoms with Gasteiger partial charge in [-0.3, -0.25) is 0 Å². The largest absolute Gasteiger partial charge is 0.573 e. The lowest BCUT2D eigenvalue weighted by Gasteiger charge is -2.36. The van der Waals surface area contributed by atoms with Crippen LogP contribution in [0.1, 0.15) is 75.7 Å². The maximum Gasteiger partial charge on any atom is 0.573 e. The van der Waals surface area contributed by atoms with Crippen LogP contribution in [0.4, 0.5) is 17.6 Å². The Balaban J connectivity index is 1.38. The molecule has 0 radical (unpaired) electrons. The molecule has 0 spiro atoms. The molecule has 2 nitrogen and oxygen atoms in total. The molecule has 6 heteroatoms. The van der Waals surface area contributed by atoms with E-state index in [1.807, 2.05) is 6.08 Å². The first-order valence-electron chi connectivity index (χ1n) is 12.2. The fraction of sp³-hybridized carbons (Fsp3) is 0.536. The zero-order valence-electron chi connectivity index (χ0n) is 19.5. The van der Waals surface area contributed by atoms with Crippen molar-refractivity contribution in [2.75, 3.05) is 0 Å². The summed E-state index contributed by atoms with van der Waals surface area (Å²) in [5.74, 6) is 1.25. The fourth-order valence-corrected chi connectivity index (χ4v) is 5.51. The van der Waals surface area contributed by atoms with Crippen LogP contribution < -0.4 is 4.74 Å². The zero-order valence-corrected chi connectivity index (χ0v) is 19.5. The van der Waals surface area contributed by atoms with Gasteiger partial charge in [0.1, 0.15) is 11.8 Å². The second-order valence-electron chi connectivity index (χ2n) is 9.59. The molecule has 1 aromatic carbocycles. The Morgan fingerprint density at radius 1 is 1.00 bits per heavy atom. The number of hydrogen-bond acceptors (Lipinski definition) is 2. The Hall–Kier alpha value is -2.55. The van der Waals surface area contributed by atoms with Gasteiger partial charge >= 0.3 is 6.36 Å². The van der Waals surface area contributed by atoms with Crippen molar-refractivity contribution in [3.63, 3.8) is 0 Å². The minimum atomic E-state index is -4.66. The van der Waals surface area contributed by atoms with Gasteiger partial charge < -0.3 is 4.74 Å². The van der Waals surface area contributed by atoms with Crippen LogP contribution in [0.25, 0.3) is 0 Å². The molecule has 0 aromatic heterocycles. The van der Waals surface area contributed by atoms with Crippen molar-refractivity contribution in [1.82, 2.24) is 0 Å². The molecule has 0 aliphatic heterocycles. The predicted octanol–water partition coefficient (Wildman–Crippen LogP) is 8.93. The highest BCUT2D eigenvalue weighted by molar-refractivity contribution is 5.30. The lowest BCUT2D eigenvalue weighted by molar-refractivity contribution is -0.274. The van der Waals surface area contributed by atoms with Crippen LogP contribution in [-0.2, 0) is 0 Å². The molecule has 2 aliphatic rings. The van der Waals surface area contributed by atoms with Crippen LogP contribution >= 0.6 is 0 Å². The molecule has 0 atom stereocenters. The van der Waals surface area contributed by atoms with Gasteiger partial charge in [-0.1, -0.05) is 36.4 Å². The summed E-state index contributed by atoms with van der Waals surface area (Å²) in [6, 6.07) is 7.79. The number of halogens is 4. The van der Waals surface area contributed by atoms with E-state index in [2.05, 4.69) is 11.3 Å². The monoisotopic (exact) mass is 475 g/mol. The number of rotatable bonds is 8. The summed E-state index contributed by atoms with van der Waals surface area (Å²) in [7, 11) is 0. The van der Waals surface area contributed by atoms with Crippen molar-refractivity contribution in [3.8, 4) is 11.8 Å². The molecule has 0 unspecified atom stereocenters. The third kappa shape index (κ3) is 8.04. The van der Waals surface area contributed by atoms with Crippen LogP contribution in [0.3, 0.4) is 0 Å². The fourth-order valence-electron chi connectivity index (χ4n) is 5.51. The van der Waals surface area contributed by atoms with Crippen LogP contribution in [0, 0.1) is 29.1 Å². The van der Waals surface area contributed by atoms with E-state index in [1.165, 1.54) is 55.5 Å². The molecule has 34 heavy (non-hydrogen) atoms. The number of allylic oxidation sites excluding steroid dienone is 5. The maximum atomic E-state index is 12.8. The van der Waals surface area contributed by atoms with E-state index < -0.39 is 12.2 Å². The molecule has 0 saturated heterocycles. The van der Waals surface area contributed by atoms with Crippen LogP contribution in [-0.4, -0.2) is 6.36 Å². The first-order chi connectivity index (χ1) is 16.2. The average Bonchev–Trinajstić information content (AvgIpc) is 2.83. The molecule has 3 rings (SSSR count). The molecule has 1 aromatic rings. The smallest absolute Gasteiger partial charge is 0.406 e. The molecule has 2 aliphatic carbocycles.